The number of unbranched alkanes of at least 4 members (excludes halogenated alkanes) is 2. The normalized spacial score (nSPS) is 10.6. The van der Waals surface area contributed by atoms with E-state index in [9.17, 15) is 4.79 Å². The standard InChI is InChI=1S/C15H22N2O2/c1-13-5-7-14(8-6-13)9-11-17-15(19)16-10-3-2-4-12-18/h5-9,11,18H,2-4,10,12H2,1H3,(H2,16,17,19)/b11-9+. The summed E-state index contributed by atoms with van der Waals surface area (Å²) in [4.78, 5) is 11.4. The lowest BCUT2D eigenvalue weighted by molar-refractivity contribution is 0.243. The molecule has 104 valence electrons. The molecule has 0 saturated carbocycles. The molecule has 0 fully saturated rings. The second-order valence-corrected chi connectivity index (χ2v) is 4.43. The van der Waals surface area contributed by atoms with Gasteiger partial charge in [-0.1, -0.05) is 29.8 Å². The number of benzene rings is 1. The van der Waals surface area contributed by atoms with Gasteiger partial charge in [-0.15, -0.1) is 0 Å². The van der Waals surface area contributed by atoms with Crippen LogP contribution in [0.2, 0.25) is 0 Å². The Balaban J connectivity index is 2.17. The van der Waals surface area contributed by atoms with Gasteiger partial charge < -0.3 is 15.7 Å². The van der Waals surface area contributed by atoms with Crippen LogP contribution in [-0.2, 0) is 0 Å². The molecule has 0 heterocycles. The lowest BCUT2D eigenvalue weighted by atomic mass is 10.1. The Morgan fingerprint density at radius 2 is 1.95 bits per heavy atom. The summed E-state index contributed by atoms with van der Waals surface area (Å²) in [5.41, 5.74) is 2.26. The molecule has 0 unspecified atom stereocenters. The number of aliphatic hydroxyl groups excluding tert-OH is 1. The van der Waals surface area contributed by atoms with Crippen LogP contribution in [0.3, 0.4) is 0 Å². The Kier molecular flexibility index (Phi) is 7.35. The molecule has 0 aliphatic rings. The minimum absolute atomic E-state index is 0.202. The smallest absolute Gasteiger partial charge is 0.318 e. The summed E-state index contributed by atoms with van der Waals surface area (Å²) in [5, 5.41) is 14.0. The summed E-state index contributed by atoms with van der Waals surface area (Å²) in [6, 6.07) is 7.86. The van der Waals surface area contributed by atoms with Crippen LogP contribution in [0.1, 0.15) is 30.4 Å². The van der Waals surface area contributed by atoms with E-state index in [1.54, 1.807) is 6.20 Å². The van der Waals surface area contributed by atoms with Gasteiger partial charge in [0.25, 0.3) is 0 Å². The predicted molar refractivity (Wildman–Crippen MR) is 77.7 cm³/mol. The second-order valence-electron chi connectivity index (χ2n) is 4.43. The quantitative estimate of drug-likeness (QED) is 0.661. The van der Waals surface area contributed by atoms with Gasteiger partial charge in [0.1, 0.15) is 0 Å². The van der Waals surface area contributed by atoms with Crippen molar-refractivity contribution in [1.29, 1.82) is 0 Å². The number of aliphatic hydroxyl groups is 1. The molecule has 4 heteroatoms. The molecule has 3 N–H and O–H groups in total. The van der Waals surface area contributed by atoms with Crippen molar-refractivity contribution in [3.8, 4) is 0 Å². The Morgan fingerprint density at radius 3 is 2.63 bits per heavy atom. The first-order valence-corrected chi connectivity index (χ1v) is 6.61. The van der Waals surface area contributed by atoms with E-state index >= 15 is 0 Å². The SMILES string of the molecule is Cc1ccc(/C=C/NC(=O)NCCCCCO)cc1. The topological polar surface area (TPSA) is 61.4 Å². The maximum absolute atomic E-state index is 11.4. The van der Waals surface area contributed by atoms with Gasteiger partial charge in [-0.05, 0) is 37.8 Å². The molecule has 0 spiro atoms. The summed E-state index contributed by atoms with van der Waals surface area (Å²) in [7, 11) is 0. The molecule has 2 amide bonds. The van der Waals surface area contributed by atoms with Gasteiger partial charge in [-0.2, -0.15) is 0 Å². The molecule has 0 bridgehead atoms. The van der Waals surface area contributed by atoms with Gasteiger partial charge in [-0.25, -0.2) is 4.79 Å². The molecular formula is C15H22N2O2. The highest BCUT2D eigenvalue weighted by atomic mass is 16.2. The molecule has 0 radical (unpaired) electrons. The third kappa shape index (κ3) is 7.26. The van der Waals surface area contributed by atoms with E-state index in [0.717, 1.165) is 24.8 Å². The zero-order valence-corrected chi connectivity index (χ0v) is 11.4. The average Bonchev–Trinajstić information content (AvgIpc) is 2.41. The highest BCUT2D eigenvalue weighted by Crippen LogP contribution is 2.04. The molecule has 0 atom stereocenters. The highest BCUT2D eigenvalue weighted by molar-refractivity contribution is 5.75. The maximum atomic E-state index is 11.4. The number of nitrogens with one attached hydrogen (secondary N) is 2. The summed E-state index contributed by atoms with van der Waals surface area (Å²) in [6.07, 6.45) is 6.08. The van der Waals surface area contributed by atoms with Crippen LogP contribution >= 0.6 is 0 Å². The van der Waals surface area contributed by atoms with Crippen molar-refractivity contribution in [3.05, 3.63) is 41.6 Å². The molecule has 1 rings (SSSR count). The van der Waals surface area contributed by atoms with Crippen molar-refractivity contribution in [3.63, 3.8) is 0 Å². The molecule has 1 aromatic rings. The second kappa shape index (κ2) is 9.16. The molecule has 0 aromatic heterocycles. The van der Waals surface area contributed by atoms with Gasteiger partial charge >= 0.3 is 6.03 Å². The third-order valence-corrected chi connectivity index (χ3v) is 2.69. The number of aryl methyl sites for hydroxylation is 1. The first kappa shape index (κ1) is 15.2. The van der Waals surface area contributed by atoms with E-state index in [1.807, 2.05) is 37.3 Å². The third-order valence-electron chi connectivity index (χ3n) is 2.69. The molecular weight excluding hydrogens is 240 g/mol. The summed E-state index contributed by atoms with van der Waals surface area (Å²) < 4.78 is 0. The van der Waals surface area contributed by atoms with Crippen molar-refractivity contribution < 1.29 is 9.90 Å². The van der Waals surface area contributed by atoms with E-state index in [2.05, 4.69) is 10.6 Å². The first-order valence-electron chi connectivity index (χ1n) is 6.61. The van der Waals surface area contributed by atoms with Crippen molar-refractivity contribution >= 4 is 12.1 Å². The Hall–Kier alpha value is -1.81. The lowest BCUT2D eigenvalue weighted by Crippen LogP contribution is -2.32. The van der Waals surface area contributed by atoms with Crippen LogP contribution in [0.15, 0.2) is 30.5 Å². The Morgan fingerprint density at radius 1 is 1.21 bits per heavy atom. The number of hydrogen-bond acceptors (Lipinski definition) is 2. The van der Waals surface area contributed by atoms with E-state index in [-0.39, 0.29) is 12.6 Å². The van der Waals surface area contributed by atoms with E-state index in [0.29, 0.717) is 6.54 Å². The fourth-order valence-corrected chi connectivity index (χ4v) is 1.56. The Bertz CT molecular complexity index is 399. The summed E-state index contributed by atoms with van der Waals surface area (Å²) >= 11 is 0. The Labute approximate surface area is 114 Å². The van der Waals surface area contributed by atoms with Gasteiger partial charge in [0.05, 0.1) is 0 Å². The van der Waals surface area contributed by atoms with E-state index in [1.165, 1.54) is 5.56 Å². The molecule has 4 nitrogen and oxygen atoms in total. The zero-order chi connectivity index (χ0) is 13.9. The number of urea groups is 1. The molecule has 0 aliphatic carbocycles. The van der Waals surface area contributed by atoms with Crippen LogP contribution in [0, 0.1) is 6.92 Å². The monoisotopic (exact) mass is 262 g/mol. The molecule has 0 aliphatic heterocycles. The average molecular weight is 262 g/mol. The number of carbonyl (C=O) groups excluding carboxylic acids is 1. The fraction of sp³-hybridized carbons (Fsp3) is 0.400. The van der Waals surface area contributed by atoms with Crippen LogP contribution in [-0.4, -0.2) is 24.3 Å². The van der Waals surface area contributed by atoms with Crippen molar-refractivity contribution in [2.75, 3.05) is 13.2 Å². The summed E-state index contributed by atoms with van der Waals surface area (Å²) in [6.45, 7) is 2.88. The van der Waals surface area contributed by atoms with Crippen molar-refractivity contribution in [2.24, 2.45) is 0 Å². The number of carbonyl (C=O) groups is 1. The number of rotatable bonds is 7. The maximum Gasteiger partial charge on any atom is 0.318 e. The van der Waals surface area contributed by atoms with Crippen molar-refractivity contribution in [2.45, 2.75) is 26.2 Å². The largest absolute Gasteiger partial charge is 0.396 e. The van der Waals surface area contributed by atoms with Gasteiger partial charge in [0.2, 0.25) is 0 Å². The lowest BCUT2D eigenvalue weighted by Gasteiger charge is -2.03. The van der Waals surface area contributed by atoms with Gasteiger partial charge in [0, 0.05) is 19.4 Å². The van der Waals surface area contributed by atoms with Gasteiger partial charge in [0.15, 0.2) is 0 Å². The van der Waals surface area contributed by atoms with Crippen molar-refractivity contribution in [1.82, 2.24) is 10.6 Å². The van der Waals surface area contributed by atoms with E-state index < -0.39 is 0 Å². The zero-order valence-electron chi connectivity index (χ0n) is 11.4. The molecule has 1 aromatic carbocycles. The number of hydrogen-bond donors (Lipinski definition) is 3. The van der Waals surface area contributed by atoms with Crippen LogP contribution in [0.5, 0.6) is 0 Å². The fourth-order valence-electron chi connectivity index (χ4n) is 1.56. The predicted octanol–water partition coefficient (Wildman–Crippen LogP) is 2.43. The summed E-state index contributed by atoms with van der Waals surface area (Å²) in [5.74, 6) is 0. The molecule has 19 heavy (non-hydrogen) atoms. The van der Waals surface area contributed by atoms with Crippen LogP contribution in [0.25, 0.3) is 6.08 Å². The highest BCUT2D eigenvalue weighted by Gasteiger charge is 1.95. The van der Waals surface area contributed by atoms with Crippen LogP contribution in [0.4, 0.5) is 4.79 Å². The first-order chi connectivity index (χ1) is 9.22. The number of amides is 2. The van der Waals surface area contributed by atoms with E-state index in [4.69, 9.17) is 5.11 Å². The van der Waals surface area contributed by atoms with Crippen LogP contribution < -0.4 is 10.6 Å². The minimum atomic E-state index is -0.202. The minimum Gasteiger partial charge on any atom is -0.396 e. The van der Waals surface area contributed by atoms with Gasteiger partial charge in [-0.3, -0.25) is 0 Å². The molecule has 0 saturated heterocycles.